The Hall–Kier alpha value is -1.61. The fourth-order valence-corrected chi connectivity index (χ4v) is 10.8. The number of halogens is 1. The number of hydrogen-bond acceptors (Lipinski definition) is 4. The third kappa shape index (κ3) is 6.59. The van der Waals surface area contributed by atoms with Crippen LogP contribution >= 0.6 is 15.9 Å². The van der Waals surface area contributed by atoms with Gasteiger partial charge in [-0.2, -0.15) is 0 Å². The van der Waals surface area contributed by atoms with Gasteiger partial charge in [0.15, 0.2) is 0 Å². The number of aliphatic hydroxyl groups excluding tert-OH is 2. The molecule has 35 heavy (non-hydrogen) atoms. The van der Waals surface area contributed by atoms with Crippen molar-refractivity contribution >= 4 is 45.4 Å². The fourth-order valence-electron chi connectivity index (χ4n) is 4.35. The molecule has 3 aromatic carbocycles. The van der Waals surface area contributed by atoms with Crippen molar-refractivity contribution in [2.24, 2.45) is 0 Å². The molecule has 4 nitrogen and oxygen atoms in total. The van der Waals surface area contributed by atoms with Crippen LogP contribution in [-0.2, 0) is 15.2 Å². The summed E-state index contributed by atoms with van der Waals surface area (Å²) in [5.41, 5.74) is 1.08. The van der Waals surface area contributed by atoms with E-state index >= 15 is 0 Å². The van der Waals surface area contributed by atoms with Crippen LogP contribution in [0.25, 0.3) is 0 Å². The predicted molar refractivity (Wildman–Crippen MR) is 151 cm³/mol. The van der Waals surface area contributed by atoms with Gasteiger partial charge in [0.25, 0.3) is 8.32 Å². The Morgan fingerprint density at radius 3 is 1.83 bits per heavy atom. The van der Waals surface area contributed by atoms with Gasteiger partial charge in [0.05, 0.1) is 33.6 Å². The summed E-state index contributed by atoms with van der Waals surface area (Å²) in [6.07, 6.45) is -2.30. The first-order valence-electron chi connectivity index (χ1n) is 11.8. The van der Waals surface area contributed by atoms with Crippen LogP contribution in [0, 0.1) is 6.92 Å². The molecular weight excluding hydrogens is 540 g/mol. The van der Waals surface area contributed by atoms with Gasteiger partial charge < -0.3 is 14.6 Å². The zero-order valence-electron chi connectivity index (χ0n) is 20.7. The molecule has 7 heteroatoms. The zero-order valence-corrected chi connectivity index (χ0v) is 24.1. The van der Waals surface area contributed by atoms with E-state index in [-0.39, 0.29) is 17.4 Å². The molecule has 0 heterocycles. The van der Waals surface area contributed by atoms with Crippen molar-refractivity contribution < 1.29 is 18.8 Å². The maximum Gasteiger partial charge on any atom is 0.261 e. The highest BCUT2D eigenvalue weighted by Crippen LogP contribution is 2.37. The molecule has 0 aliphatic heterocycles. The molecular formula is C28H35BrO4SSi. The van der Waals surface area contributed by atoms with Gasteiger partial charge in [-0.1, -0.05) is 115 Å². The van der Waals surface area contributed by atoms with E-state index in [9.17, 15) is 14.4 Å². The highest BCUT2D eigenvalue weighted by molar-refractivity contribution is 9.09. The van der Waals surface area contributed by atoms with Crippen molar-refractivity contribution in [2.75, 3.05) is 12.4 Å². The van der Waals surface area contributed by atoms with E-state index in [1.54, 1.807) is 12.1 Å². The van der Waals surface area contributed by atoms with Crippen LogP contribution in [0.1, 0.15) is 26.3 Å². The lowest BCUT2D eigenvalue weighted by atomic mass is 10.2. The topological polar surface area (TPSA) is 66.8 Å². The summed E-state index contributed by atoms with van der Waals surface area (Å²) in [7, 11) is -4.18. The van der Waals surface area contributed by atoms with Crippen molar-refractivity contribution in [3.05, 3.63) is 90.5 Å². The average Bonchev–Trinajstić information content (AvgIpc) is 2.84. The molecule has 1 unspecified atom stereocenters. The van der Waals surface area contributed by atoms with Gasteiger partial charge in [0, 0.05) is 11.5 Å². The highest BCUT2D eigenvalue weighted by Gasteiger charge is 2.50. The van der Waals surface area contributed by atoms with Gasteiger partial charge in [-0.15, -0.1) is 0 Å². The second-order valence-electron chi connectivity index (χ2n) is 9.87. The van der Waals surface area contributed by atoms with E-state index in [0.717, 1.165) is 15.9 Å². The van der Waals surface area contributed by atoms with E-state index in [2.05, 4.69) is 61.0 Å². The first kappa shape index (κ1) is 28.0. The van der Waals surface area contributed by atoms with Crippen LogP contribution in [0.3, 0.4) is 0 Å². The molecule has 0 fully saturated rings. The lowest BCUT2D eigenvalue weighted by molar-refractivity contribution is 0.0256. The number of hydrogen-bond donors (Lipinski definition) is 2. The third-order valence-corrected chi connectivity index (χ3v) is 13.5. The SMILES string of the molecule is Cc1ccc(S(=O)C[C@@H](O)[C@H](O)[C@@H](Br)CO[Si](c2ccccc2)(c2ccccc2)C(C)(C)C)cc1. The second-order valence-corrected chi connectivity index (χ2v) is 16.9. The van der Waals surface area contributed by atoms with Gasteiger partial charge in [0.1, 0.15) is 0 Å². The van der Waals surface area contributed by atoms with E-state index < -0.39 is 36.2 Å². The van der Waals surface area contributed by atoms with Crippen LogP contribution in [0.4, 0.5) is 0 Å². The lowest BCUT2D eigenvalue weighted by Crippen LogP contribution is -2.67. The Balaban J connectivity index is 1.80. The minimum atomic E-state index is -2.77. The maximum absolute atomic E-state index is 12.7. The molecule has 0 aliphatic rings. The molecule has 4 atom stereocenters. The van der Waals surface area contributed by atoms with Crippen molar-refractivity contribution in [3.8, 4) is 0 Å². The zero-order chi connectivity index (χ0) is 25.6. The summed E-state index contributed by atoms with van der Waals surface area (Å²) in [5.74, 6) is -0.0501. The molecule has 0 bridgehead atoms. The van der Waals surface area contributed by atoms with Gasteiger partial charge in [-0.3, -0.25) is 4.21 Å². The van der Waals surface area contributed by atoms with Gasteiger partial charge >= 0.3 is 0 Å². The largest absolute Gasteiger partial charge is 0.406 e. The molecule has 0 aromatic heterocycles. The molecule has 0 amide bonds. The smallest absolute Gasteiger partial charge is 0.261 e. The summed E-state index contributed by atoms with van der Waals surface area (Å²) >= 11 is 3.55. The van der Waals surface area contributed by atoms with Crippen LogP contribution < -0.4 is 10.4 Å². The monoisotopic (exact) mass is 574 g/mol. The average molecular weight is 576 g/mol. The van der Waals surface area contributed by atoms with E-state index in [4.69, 9.17) is 4.43 Å². The standard InChI is InChI=1S/C28H35BrO4SSi/c1-21-15-17-22(18-16-21)34(32)20-26(30)27(31)25(29)19-33-35(28(2,3)4,23-11-7-5-8-12-23)24-13-9-6-10-14-24/h5-18,25-27,30-31H,19-20H2,1-4H3/t25-,26+,27+,34?/m0/s1. The Morgan fingerprint density at radius 1 is 0.886 bits per heavy atom. The summed E-state index contributed by atoms with van der Waals surface area (Å²) < 4.78 is 19.6. The summed E-state index contributed by atoms with van der Waals surface area (Å²) in [5, 5.41) is 23.7. The maximum atomic E-state index is 12.7. The van der Waals surface area contributed by atoms with E-state index in [0.29, 0.717) is 4.90 Å². The fraction of sp³-hybridized carbons (Fsp3) is 0.357. The van der Waals surface area contributed by atoms with Crippen LogP contribution in [0.5, 0.6) is 0 Å². The van der Waals surface area contributed by atoms with Crippen molar-refractivity contribution in [2.45, 2.75) is 54.7 Å². The molecule has 0 spiro atoms. The molecule has 2 N–H and O–H groups in total. The third-order valence-electron chi connectivity index (χ3n) is 6.25. The highest BCUT2D eigenvalue weighted by atomic mass is 79.9. The molecule has 0 saturated heterocycles. The lowest BCUT2D eigenvalue weighted by Gasteiger charge is -2.43. The summed E-state index contributed by atoms with van der Waals surface area (Å²) in [4.78, 5) is 0.103. The first-order valence-corrected chi connectivity index (χ1v) is 15.9. The second kappa shape index (κ2) is 12.1. The van der Waals surface area contributed by atoms with E-state index in [1.165, 1.54) is 0 Å². The van der Waals surface area contributed by atoms with Gasteiger partial charge in [-0.25, -0.2) is 0 Å². The Kier molecular flexibility index (Phi) is 9.65. The Morgan fingerprint density at radius 2 is 1.37 bits per heavy atom. The predicted octanol–water partition coefficient (Wildman–Crippen LogP) is 4.16. The summed E-state index contributed by atoms with van der Waals surface area (Å²) in [6.45, 7) is 8.74. The molecule has 0 radical (unpaired) electrons. The summed E-state index contributed by atoms with van der Waals surface area (Å²) in [6, 6.07) is 27.9. The van der Waals surface area contributed by atoms with Gasteiger partial charge in [-0.05, 0) is 34.5 Å². The molecule has 3 aromatic rings. The normalized spacial score (nSPS) is 15.9. The van der Waals surface area contributed by atoms with Crippen LogP contribution in [0.15, 0.2) is 89.8 Å². The molecule has 0 saturated carbocycles. The molecule has 188 valence electrons. The Bertz CT molecular complexity index is 1050. The Labute approximate surface area is 221 Å². The van der Waals surface area contributed by atoms with Crippen LogP contribution in [-0.4, -0.2) is 52.1 Å². The minimum Gasteiger partial charge on any atom is -0.406 e. The molecule has 0 aliphatic carbocycles. The van der Waals surface area contributed by atoms with Crippen molar-refractivity contribution in [1.29, 1.82) is 0 Å². The minimum absolute atomic E-state index is 0.0501. The van der Waals surface area contributed by atoms with Crippen molar-refractivity contribution in [1.82, 2.24) is 0 Å². The first-order chi connectivity index (χ1) is 16.6. The number of aliphatic hydroxyl groups is 2. The van der Waals surface area contributed by atoms with Gasteiger partial charge in [0.2, 0.25) is 0 Å². The quantitative estimate of drug-likeness (QED) is 0.282. The number of alkyl halides is 1. The number of rotatable bonds is 10. The van der Waals surface area contributed by atoms with Crippen LogP contribution in [0.2, 0.25) is 5.04 Å². The molecule has 3 rings (SSSR count). The number of aryl methyl sites for hydroxylation is 1. The number of benzene rings is 3. The van der Waals surface area contributed by atoms with Crippen molar-refractivity contribution in [3.63, 3.8) is 0 Å². The van der Waals surface area contributed by atoms with E-state index in [1.807, 2.05) is 55.5 Å².